The van der Waals surface area contributed by atoms with Crippen LogP contribution in [0.2, 0.25) is 0 Å². The second-order valence-electron chi connectivity index (χ2n) is 5.91. The van der Waals surface area contributed by atoms with Crippen molar-refractivity contribution in [3.05, 3.63) is 29.8 Å². The van der Waals surface area contributed by atoms with Gasteiger partial charge in [-0.15, -0.1) is 0 Å². The Bertz CT molecular complexity index is 654. The van der Waals surface area contributed by atoms with E-state index >= 15 is 0 Å². The molecule has 1 aromatic carbocycles. The Morgan fingerprint density at radius 3 is 2.36 bits per heavy atom. The third-order valence-electron chi connectivity index (χ3n) is 3.95. The molecule has 0 aromatic heterocycles. The molecule has 1 fully saturated rings. The van der Waals surface area contributed by atoms with Crippen LogP contribution in [0, 0.1) is 0 Å². The van der Waals surface area contributed by atoms with Crippen molar-refractivity contribution in [2.24, 2.45) is 0 Å². The number of carbonyl (C=O) groups is 3. The summed E-state index contributed by atoms with van der Waals surface area (Å²) in [5.41, 5.74) is 0.244. The fourth-order valence-corrected chi connectivity index (χ4v) is 3.15. The first-order chi connectivity index (χ1) is 12.0. The molecule has 8 heteroatoms. The summed E-state index contributed by atoms with van der Waals surface area (Å²) < 4.78 is 16.2. The summed E-state index contributed by atoms with van der Waals surface area (Å²) in [5, 5.41) is 4.90. The molecule has 7 nitrogen and oxygen atoms in total. The van der Waals surface area contributed by atoms with Gasteiger partial charge in [-0.25, -0.2) is 9.59 Å². The highest BCUT2D eigenvalue weighted by molar-refractivity contribution is 7.84. The zero-order valence-corrected chi connectivity index (χ0v) is 14.9. The van der Waals surface area contributed by atoms with Crippen molar-refractivity contribution in [3.8, 4) is 0 Å². The SMILES string of the molecule is CS(=O)c1ccc(C(=O)OCC(=O)NC(=O)NC2CCCCC2)cc1. The van der Waals surface area contributed by atoms with E-state index in [4.69, 9.17) is 4.74 Å². The number of ether oxygens (including phenoxy) is 1. The Morgan fingerprint density at radius 1 is 1.12 bits per heavy atom. The van der Waals surface area contributed by atoms with Crippen LogP contribution in [0.4, 0.5) is 4.79 Å². The van der Waals surface area contributed by atoms with Gasteiger partial charge >= 0.3 is 12.0 Å². The van der Waals surface area contributed by atoms with Crippen molar-refractivity contribution in [2.45, 2.75) is 43.0 Å². The highest BCUT2D eigenvalue weighted by Crippen LogP contribution is 2.17. The van der Waals surface area contributed by atoms with E-state index in [2.05, 4.69) is 10.6 Å². The number of benzene rings is 1. The molecule has 0 aliphatic heterocycles. The van der Waals surface area contributed by atoms with E-state index < -0.39 is 35.3 Å². The lowest BCUT2D eigenvalue weighted by Crippen LogP contribution is -2.46. The van der Waals surface area contributed by atoms with E-state index in [-0.39, 0.29) is 11.6 Å². The highest BCUT2D eigenvalue weighted by Gasteiger charge is 2.17. The molecule has 1 saturated carbocycles. The van der Waals surface area contributed by atoms with Gasteiger partial charge in [0.05, 0.1) is 5.56 Å². The van der Waals surface area contributed by atoms with Crippen molar-refractivity contribution < 1.29 is 23.3 Å². The van der Waals surface area contributed by atoms with Crippen molar-refractivity contribution in [1.29, 1.82) is 0 Å². The summed E-state index contributed by atoms with van der Waals surface area (Å²) in [6.45, 7) is -0.543. The zero-order chi connectivity index (χ0) is 18.2. The van der Waals surface area contributed by atoms with Crippen LogP contribution in [-0.4, -0.2) is 41.0 Å². The van der Waals surface area contributed by atoms with E-state index in [1.165, 1.54) is 24.8 Å². The van der Waals surface area contributed by atoms with Crippen LogP contribution >= 0.6 is 0 Å². The Kier molecular flexibility index (Phi) is 7.12. The molecule has 1 unspecified atom stereocenters. The molecular formula is C17H22N2O5S. The number of nitrogens with one attached hydrogen (secondary N) is 2. The molecular weight excluding hydrogens is 344 g/mol. The van der Waals surface area contributed by atoms with Crippen LogP contribution in [0.5, 0.6) is 0 Å². The smallest absolute Gasteiger partial charge is 0.338 e. The first kappa shape index (κ1) is 19.1. The van der Waals surface area contributed by atoms with Crippen molar-refractivity contribution >= 4 is 28.7 Å². The minimum absolute atomic E-state index is 0.0896. The molecule has 0 radical (unpaired) electrons. The quantitative estimate of drug-likeness (QED) is 0.773. The molecule has 2 N–H and O–H groups in total. The summed E-state index contributed by atoms with van der Waals surface area (Å²) in [6, 6.07) is 5.60. The van der Waals surface area contributed by atoms with Gasteiger partial charge in [0.2, 0.25) is 0 Å². The summed E-state index contributed by atoms with van der Waals surface area (Å²) in [4.78, 5) is 35.9. The lowest BCUT2D eigenvalue weighted by molar-refractivity contribution is -0.123. The molecule has 1 aliphatic rings. The Balaban J connectivity index is 1.73. The predicted octanol–water partition coefficient (Wildman–Crippen LogP) is 1.74. The molecule has 0 saturated heterocycles. The van der Waals surface area contributed by atoms with E-state index in [9.17, 15) is 18.6 Å². The van der Waals surface area contributed by atoms with E-state index in [0.29, 0.717) is 4.90 Å². The molecule has 0 spiro atoms. The standard InChI is InChI=1S/C17H22N2O5S/c1-25(23)14-9-7-12(8-10-14)16(21)24-11-15(20)19-17(22)18-13-5-3-2-4-6-13/h7-10,13H,2-6,11H2,1H3,(H2,18,19,20,22). The van der Waals surface area contributed by atoms with E-state index in [1.807, 2.05) is 0 Å². The Labute approximate surface area is 149 Å². The first-order valence-corrected chi connectivity index (χ1v) is 9.72. The van der Waals surface area contributed by atoms with Gasteiger partial charge in [0.25, 0.3) is 5.91 Å². The molecule has 3 amide bonds. The number of rotatable bonds is 5. The van der Waals surface area contributed by atoms with Gasteiger partial charge in [0.15, 0.2) is 6.61 Å². The minimum atomic E-state index is -1.13. The molecule has 1 aromatic rings. The van der Waals surface area contributed by atoms with Gasteiger partial charge in [-0.1, -0.05) is 19.3 Å². The van der Waals surface area contributed by atoms with Gasteiger partial charge < -0.3 is 10.1 Å². The van der Waals surface area contributed by atoms with Crippen molar-refractivity contribution in [3.63, 3.8) is 0 Å². The topological polar surface area (TPSA) is 102 Å². The Hall–Kier alpha value is -2.22. The molecule has 1 aliphatic carbocycles. The van der Waals surface area contributed by atoms with Gasteiger partial charge in [-0.05, 0) is 37.1 Å². The maximum Gasteiger partial charge on any atom is 0.338 e. The van der Waals surface area contributed by atoms with Crippen molar-refractivity contribution in [1.82, 2.24) is 10.6 Å². The number of amides is 3. The fraction of sp³-hybridized carbons (Fsp3) is 0.471. The summed E-state index contributed by atoms with van der Waals surface area (Å²) in [6.07, 6.45) is 6.67. The molecule has 0 heterocycles. The molecule has 136 valence electrons. The van der Waals surface area contributed by atoms with Crippen LogP contribution in [-0.2, 0) is 20.3 Å². The highest BCUT2D eigenvalue weighted by atomic mass is 32.2. The van der Waals surface area contributed by atoms with Gasteiger partial charge in [-0.2, -0.15) is 0 Å². The fourth-order valence-electron chi connectivity index (χ4n) is 2.63. The lowest BCUT2D eigenvalue weighted by Gasteiger charge is -2.22. The number of imide groups is 1. The molecule has 25 heavy (non-hydrogen) atoms. The molecule has 2 rings (SSSR count). The second-order valence-corrected chi connectivity index (χ2v) is 7.29. The zero-order valence-electron chi connectivity index (χ0n) is 14.1. The lowest BCUT2D eigenvalue weighted by atomic mass is 9.96. The normalized spacial score (nSPS) is 15.9. The van der Waals surface area contributed by atoms with Crippen molar-refractivity contribution in [2.75, 3.05) is 12.9 Å². The van der Waals surface area contributed by atoms with Crippen LogP contribution in [0.1, 0.15) is 42.5 Å². The van der Waals surface area contributed by atoms with Gasteiger partial charge in [-0.3, -0.25) is 14.3 Å². The van der Waals surface area contributed by atoms with Crippen LogP contribution in [0.15, 0.2) is 29.2 Å². The monoisotopic (exact) mass is 366 g/mol. The predicted molar refractivity (Wildman–Crippen MR) is 92.6 cm³/mol. The van der Waals surface area contributed by atoms with Crippen LogP contribution in [0.3, 0.4) is 0 Å². The molecule has 1 atom stereocenters. The minimum Gasteiger partial charge on any atom is -0.452 e. The van der Waals surface area contributed by atoms with Gasteiger partial charge in [0, 0.05) is 28.0 Å². The van der Waals surface area contributed by atoms with E-state index in [1.54, 1.807) is 12.1 Å². The maximum atomic E-state index is 11.9. The third-order valence-corrected chi connectivity index (χ3v) is 4.89. The van der Waals surface area contributed by atoms with Gasteiger partial charge in [0.1, 0.15) is 0 Å². The average molecular weight is 366 g/mol. The summed E-state index contributed by atoms with van der Waals surface area (Å²) in [7, 11) is -1.13. The first-order valence-electron chi connectivity index (χ1n) is 8.16. The Morgan fingerprint density at radius 2 is 1.76 bits per heavy atom. The average Bonchev–Trinajstić information content (AvgIpc) is 2.60. The van der Waals surface area contributed by atoms with Crippen LogP contribution in [0.25, 0.3) is 0 Å². The van der Waals surface area contributed by atoms with E-state index in [0.717, 1.165) is 25.7 Å². The maximum absolute atomic E-state index is 11.9. The summed E-state index contributed by atoms with van der Waals surface area (Å²) in [5.74, 6) is -1.37. The third kappa shape index (κ3) is 6.30. The number of esters is 1. The van der Waals surface area contributed by atoms with Crippen LogP contribution < -0.4 is 10.6 Å². The number of urea groups is 1. The number of carbonyl (C=O) groups excluding carboxylic acids is 3. The summed E-state index contributed by atoms with van der Waals surface area (Å²) >= 11 is 0. The largest absolute Gasteiger partial charge is 0.452 e. The number of hydrogen-bond acceptors (Lipinski definition) is 5. The number of hydrogen-bond donors (Lipinski definition) is 2. The second kappa shape index (κ2) is 9.31. The molecule has 0 bridgehead atoms.